The molecule has 0 saturated carbocycles. The van der Waals surface area contributed by atoms with Crippen molar-refractivity contribution in [2.45, 2.75) is 33.1 Å². The van der Waals surface area contributed by atoms with Crippen LogP contribution in [0.2, 0.25) is 0 Å². The molecule has 0 saturated heterocycles. The zero-order valence-electron chi connectivity index (χ0n) is 18.1. The highest BCUT2D eigenvalue weighted by Gasteiger charge is 2.23. The largest absolute Gasteiger partial charge is 0.508 e. The minimum absolute atomic E-state index is 0.0151. The van der Waals surface area contributed by atoms with Crippen LogP contribution < -0.4 is 10.2 Å². The Kier molecular flexibility index (Phi) is 6.37. The lowest BCUT2D eigenvalue weighted by Gasteiger charge is -2.29. The molecule has 2 aromatic carbocycles. The molecular weight excluding hydrogens is 394 g/mol. The molecule has 3 N–H and O–H groups in total. The molecule has 30 heavy (non-hydrogen) atoms. The van der Waals surface area contributed by atoms with Crippen molar-refractivity contribution in [1.29, 1.82) is 0 Å². The van der Waals surface area contributed by atoms with Gasteiger partial charge in [-0.15, -0.1) is 0 Å². The van der Waals surface area contributed by atoms with Gasteiger partial charge in [-0.05, 0) is 60.5 Å². The lowest BCUT2D eigenvalue weighted by Crippen LogP contribution is -2.36. The average Bonchev–Trinajstić information content (AvgIpc) is 3.07. The number of rotatable bonds is 5. The first-order chi connectivity index (χ1) is 14.3. The molecule has 0 amide bonds. The van der Waals surface area contributed by atoms with Crippen molar-refractivity contribution < 1.29 is 10.2 Å². The van der Waals surface area contributed by atoms with Crippen LogP contribution in [0.4, 0.5) is 5.69 Å². The Morgan fingerprint density at radius 3 is 2.53 bits per heavy atom. The molecule has 0 aliphatic carbocycles. The highest BCUT2D eigenvalue weighted by molar-refractivity contribution is 7.80. The highest BCUT2D eigenvalue weighted by atomic mass is 32.1. The number of fused-ring (bicyclic) bond motifs is 1. The van der Waals surface area contributed by atoms with E-state index in [2.05, 4.69) is 28.1 Å². The smallest absolute Gasteiger partial charge is 0.177 e. The fourth-order valence-electron chi connectivity index (χ4n) is 3.66. The fraction of sp³-hybridized carbons (Fsp3) is 0.292. The number of allylic oxidation sites excluding steroid dienone is 1. The van der Waals surface area contributed by atoms with Crippen LogP contribution in [0.5, 0.6) is 11.5 Å². The molecule has 5 nitrogen and oxygen atoms in total. The van der Waals surface area contributed by atoms with Gasteiger partial charge in [0.15, 0.2) is 5.11 Å². The minimum atomic E-state index is 0.0151. The van der Waals surface area contributed by atoms with Gasteiger partial charge in [0, 0.05) is 48.5 Å². The standard InChI is InChI=1S/C24H29N3O2S/c1-6-7-21(19-13-18(15(2)3)22(28)14-23(19)29)27(24(30)25-4)17-8-9-20-16(12-17)10-11-26(20)5/h7-15,28-29H,6H2,1-5H3,(H,25,30). The number of anilines is 1. The number of thiocarbonyl (C=S) groups is 1. The maximum absolute atomic E-state index is 10.7. The summed E-state index contributed by atoms with van der Waals surface area (Å²) in [5.41, 5.74) is 4.20. The summed E-state index contributed by atoms with van der Waals surface area (Å²) < 4.78 is 2.07. The minimum Gasteiger partial charge on any atom is -0.508 e. The maximum atomic E-state index is 10.7. The fourth-order valence-corrected chi connectivity index (χ4v) is 3.87. The van der Waals surface area contributed by atoms with E-state index in [1.165, 1.54) is 6.07 Å². The molecular formula is C24H29N3O2S. The molecule has 0 aliphatic rings. The van der Waals surface area contributed by atoms with Gasteiger partial charge in [0.25, 0.3) is 0 Å². The normalized spacial score (nSPS) is 11.9. The topological polar surface area (TPSA) is 60.7 Å². The second-order valence-electron chi connectivity index (χ2n) is 7.64. The van der Waals surface area contributed by atoms with Gasteiger partial charge >= 0.3 is 0 Å². The molecule has 1 heterocycles. The van der Waals surface area contributed by atoms with E-state index in [1.807, 2.05) is 57.1 Å². The monoisotopic (exact) mass is 423 g/mol. The van der Waals surface area contributed by atoms with Crippen molar-refractivity contribution in [3.05, 3.63) is 59.8 Å². The third-order valence-corrected chi connectivity index (χ3v) is 5.61. The number of aromatic nitrogens is 1. The second-order valence-corrected chi connectivity index (χ2v) is 8.03. The number of nitrogens with zero attached hydrogens (tertiary/aromatic N) is 2. The highest BCUT2D eigenvalue weighted by Crippen LogP contribution is 2.39. The van der Waals surface area contributed by atoms with Crippen LogP contribution in [0.1, 0.15) is 44.2 Å². The Balaban J connectivity index is 2.23. The van der Waals surface area contributed by atoms with Crippen molar-refractivity contribution in [2.75, 3.05) is 11.9 Å². The van der Waals surface area contributed by atoms with Gasteiger partial charge in [-0.3, -0.25) is 4.90 Å². The molecule has 0 bridgehead atoms. The van der Waals surface area contributed by atoms with E-state index in [0.717, 1.165) is 34.3 Å². The van der Waals surface area contributed by atoms with Crippen molar-refractivity contribution in [1.82, 2.24) is 9.88 Å². The maximum Gasteiger partial charge on any atom is 0.177 e. The Bertz CT molecular complexity index is 1120. The SMILES string of the molecule is CCC=C(c1cc(C(C)C)c(O)cc1O)N(C(=S)NC)c1ccc2c(ccn2C)c1. The number of aromatic hydroxyl groups is 2. The molecule has 0 unspecified atom stereocenters. The Morgan fingerprint density at radius 2 is 1.90 bits per heavy atom. The molecule has 0 atom stereocenters. The number of phenols is 2. The van der Waals surface area contributed by atoms with E-state index in [0.29, 0.717) is 10.7 Å². The molecule has 158 valence electrons. The lowest BCUT2D eigenvalue weighted by atomic mass is 9.96. The Morgan fingerprint density at radius 1 is 1.17 bits per heavy atom. The van der Waals surface area contributed by atoms with Crippen LogP contribution in [0.25, 0.3) is 16.6 Å². The first-order valence-electron chi connectivity index (χ1n) is 10.1. The zero-order valence-corrected chi connectivity index (χ0v) is 18.9. The van der Waals surface area contributed by atoms with Gasteiger partial charge in [-0.25, -0.2) is 0 Å². The average molecular weight is 424 g/mol. The number of benzene rings is 2. The van der Waals surface area contributed by atoms with E-state index < -0.39 is 0 Å². The van der Waals surface area contributed by atoms with Gasteiger partial charge in [0.1, 0.15) is 11.5 Å². The summed E-state index contributed by atoms with van der Waals surface area (Å²) in [6.45, 7) is 6.07. The number of aryl methyl sites for hydroxylation is 1. The first-order valence-corrected chi connectivity index (χ1v) is 10.5. The molecule has 6 heteroatoms. The van der Waals surface area contributed by atoms with Gasteiger partial charge < -0.3 is 20.1 Å². The van der Waals surface area contributed by atoms with E-state index in [-0.39, 0.29) is 17.4 Å². The van der Waals surface area contributed by atoms with Crippen LogP contribution in [-0.2, 0) is 7.05 Å². The van der Waals surface area contributed by atoms with Crippen molar-refractivity contribution in [3.8, 4) is 11.5 Å². The number of nitrogens with one attached hydrogen (secondary N) is 1. The molecule has 3 rings (SSSR count). The zero-order chi connectivity index (χ0) is 22.0. The van der Waals surface area contributed by atoms with Crippen molar-refractivity contribution in [3.63, 3.8) is 0 Å². The first kappa shape index (κ1) is 21.7. The number of hydrogen-bond acceptors (Lipinski definition) is 3. The van der Waals surface area contributed by atoms with Crippen LogP contribution in [-0.4, -0.2) is 26.9 Å². The van der Waals surface area contributed by atoms with Crippen LogP contribution >= 0.6 is 12.2 Å². The molecule has 1 aromatic heterocycles. The lowest BCUT2D eigenvalue weighted by molar-refractivity contribution is 0.443. The summed E-state index contributed by atoms with van der Waals surface area (Å²) in [5.74, 6) is 0.217. The van der Waals surface area contributed by atoms with Gasteiger partial charge in [0.2, 0.25) is 0 Å². The van der Waals surface area contributed by atoms with Crippen molar-refractivity contribution >= 4 is 39.6 Å². The van der Waals surface area contributed by atoms with E-state index in [1.54, 1.807) is 7.05 Å². The summed E-state index contributed by atoms with van der Waals surface area (Å²) in [6.07, 6.45) is 4.82. The summed E-state index contributed by atoms with van der Waals surface area (Å²) in [4.78, 5) is 1.93. The second kappa shape index (κ2) is 8.79. The van der Waals surface area contributed by atoms with Crippen LogP contribution in [0, 0.1) is 0 Å². The summed E-state index contributed by atoms with van der Waals surface area (Å²) >= 11 is 5.67. The predicted molar refractivity (Wildman–Crippen MR) is 129 cm³/mol. The van der Waals surface area contributed by atoms with Crippen LogP contribution in [0.3, 0.4) is 0 Å². The summed E-state index contributed by atoms with van der Waals surface area (Å²) in [6, 6.07) is 11.5. The number of phenolic OH excluding ortho intramolecular Hbond substituents is 2. The molecule has 0 spiro atoms. The van der Waals surface area contributed by atoms with E-state index >= 15 is 0 Å². The quantitative estimate of drug-likeness (QED) is 0.475. The summed E-state index contributed by atoms with van der Waals surface area (Å²) in [7, 11) is 3.80. The predicted octanol–water partition coefficient (Wildman–Crippen LogP) is 5.47. The van der Waals surface area contributed by atoms with Gasteiger partial charge in [-0.1, -0.05) is 26.8 Å². The molecule has 0 aliphatic heterocycles. The van der Waals surface area contributed by atoms with Crippen molar-refractivity contribution in [2.24, 2.45) is 7.05 Å². The van der Waals surface area contributed by atoms with E-state index in [4.69, 9.17) is 12.2 Å². The molecule has 3 aromatic rings. The van der Waals surface area contributed by atoms with Gasteiger partial charge in [-0.2, -0.15) is 0 Å². The molecule has 0 fully saturated rings. The Labute approximate surface area is 183 Å². The van der Waals surface area contributed by atoms with Crippen LogP contribution in [0.15, 0.2) is 48.7 Å². The third kappa shape index (κ3) is 4.00. The van der Waals surface area contributed by atoms with E-state index in [9.17, 15) is 10.2 Å². The Hall–Kier alpha value is -2.99. The third-order valence-electron chi connectivity index (χ3n) is 5.23. The summed E-state index contributed by atoms with van der Waals surface area (Å²) in [5, 5.41) is 25.7. The van der Waals surface area contributed by atoms with Gasteiger partial charge in [0.05, 0.1) is 5.70 Å². The molecule has 0 radical (unpaired) electrons. The number of hydrogen-bond donors (Lipinski definition) is 3.